The second-order valence-corrected chi connectivity index (χ2v) is 8.24. The number of hydrogen-bond acceptors (Lipinski definition) is 3. The van der Waals surface area contributed by atoms with Crippen molar-refractivity contribution in [1.29, 1.82) is 0 Å². The zero-order valence-electron chi connectivity index (χ0n) is 15.1. The van der Waals surface area contributed by atoms with Crippen molar-refractivity contribution in [1.82, 2.24) is 10.2 Å². The molecule has 0 radical (unpaired) electrons. The van der Waals surface area contributed by atoms with Crippen LogP contribution in [0.1, 0.15) is 11.1 Å². The Hall–Kier alpha value is -1.68. The number of nitrogens with zero attached hydrogens (tertiary/aromatic N) is 2. The van der Waals surface area contributed by atoms with Crippen LogP contribution in [0.5, 0.6) is 0 Å². The number of guanidine groups is 1. The number of fused-ring (bicyclic) bond motifs is 1. The zero-order valence-corrected chi connectivity index (χ0v) is 18.2. The maximum absolute atomic E-state index is 13.7. The normalized spacial score (nSPS) is 14.3. The first-order chi connectivity index (χ1) is 12.5. The minimum atomic E-state index is -3.69. The van der Waals surface area contributed by atoms with Gasteiger partial charge in [0.1, 0.15) is 10.7 Å². The van der Waals surface area contributed by atoms with E-state index in [1.54, 1.807) is 7.05 Å². The lowest BCUT2D eigenvalue weighted by Crippen LogP contribution is -2.45. The molecule has 0 spiro atoms. The number of sulfone groups is 1. The summed E-state index contributed by atoms with van der Waals surface area (Å²) in [7, 11) is -2.01. The van der Waals surface area contributed by atoms with E-state index in [-0.39, 0.29) is 41.2 Å². The number of rotatable bonds is 4. The van der Waals surface area contributed by atoms with Crippen molar-refractivity contribution in [2.75, 3.05) is 25.9 Å². The summed E-state index contributed by atoms with van der Waals surface area (Å²) in [5, 5.41) is 3.09. The molecule has 0 saturated heterocycles. The van der Waals surface area contributed by atoms with Gasteiger partial charge in [-0.05, 0) is 29.7 Å². The Balaban J connectivity index is 0.00000261. The van der Waals surface area contributed by atoms with Gasteiger partial charge in [-0.3, -0.25) is 4.99 Å². The van der Waals surface area contributed by atoms with Crippen LogP contribution in [0.25, 0.3) is 0 Å². The predicted molar refractivity (Wildman–Crippen MR) is 116 cm³/mol. The van der Waals surface area contributed by atoms with Crippen LogP contribution in [0, 0.1) is 5.82 Å². The molecule has 0 aromatic heterocycles. The van der Waals surface area contributed by atoms with Crippen LogP contribution < -0.4 is 5.32 Å². The summed E-state index contributed by atoms with van der Waals surface area (Å²) < 4.78 is 38.4. The maximum atomic E-state index is 13.7. The lowest BCUT2D eigenvalue weighted by molar-refractivity contribution is 0.380. The van der Waals surface area contributed by atoms with E-state index >= 15 is 0 Å². The molecule has 1 aliphatic heterocycles. The second kappa shape index (κ2) is 9.50. The fourth-order valence-electron chi connectivity index (χ4n) is 3.11. The molecule has 3 rings (SSSR count). The molecule has 0 amide bonds. The first kappa shape index (κ1) is 21.6. The molecule has 1 N–H and O–H groups in total. The van der Waals surface area contributed by atoms with Gasteiger partial charge >= 0.3 is 0 Å². The predicted octanol–water partition coefficient (Wildman–Crippen LogP) is 2.85. The number of hydrogen-bond donors (Lipinski definition) is 1. The molecule has 0 saturated carbocycles. The average Bonchev–Trinajstić information content (AvgIpc) is 2.65. The molecule has 1 aliphatic rings. The first-order valence-corrected chi connectivity index (χ1v) is 10.2. The summed E-state index contributed by atoms with van der Waals surface area (Å²) in [6, 6.07) is 13.7. The van der Waals surface area contributed by atoms with Gasteiger partial charge in [-0.25, -0.2) is 12.8 Å². The monoisotopic (exact) mass is 503 g/mol. The molecule has 2 aromatic rings. The zero-order chi connectivity index (χ0) is 18.6. The highest BCUT2D eigenvalue weighted by atomic mass is 127. The van der Waals surface area contributed by atoms with Crippen molar-refractivity contribution in [2.45, 2.75) is 17.9 Å². The smallest absolute Gasteiger partial charge is 0.193 e. The molecule has 0 atom stereocenters. The Morgan fingerprint density at radius 2 is 1.81 bits per heavy atom. The van der Waals surface area contributed by atoms with Crippen LogP contribution in [0.3, 0.4) is 0 Å². The molecule has 8 heteroatoms. The standard InChI is InChI=1S/C19H22FN3O2S.HI/c1-21-19(23-12-10-15-6-2-3-7-16(15)14-23)22-11-13-26(24,25)18-9-5-4-8-17(18)20;/h2-9H,10-14H2,1H3,(H,21,22);1H. The molecule has 5 nitrogen and oxygen atoms in total. The van der Waals surface area contributed by atoms with Crippen molar-refractivity contribution < 1.29 is 12.8 Å². The SMILES string of the molecule is CN=C(NCCS(=O)(=O)c1ccccc1F)N1CCc2ccccc2C1.I. The molecule has 0 bridgehead atoms. The Morgan fingerprint density at radius 1 is 1.15 bits per heavy atom. The molecule has 0 fully saturated rings. The number of nitrogens with one attached hydrogen (secondary N) is 1. The van der Waals surface area contributed by atoms with Crippen LogP contribution in [-0.2, 0) is 22.8 Å². The topological polar surface area (TPSA) is 61.8 Å². The molecular weight excluding hydrogens is 480 g/mol. The lowest BCUT2D eigenvalue weighted by Gasteiger charge is -2.31. The van der Waals surface area contributed by atoms with Gasteiger partial charge in [0.25, 0.3) is 0 Å². The van der Waals surface area contributed by atoms with E-state index in [1.165, 1.54) is 29.3 Å². The highest BCUT2D eigenvalue weighted by Gasteiger charge is 2.21. The molecule has 1 heterocycles. The Kier molecular flexibility index (Phi) is 7.60. The van der Waals surface area contributed by atoms with Gasteiger partial charge in [0, 0.05) is 26.7 Å². The number of benzene rings is 2. The number of aliphatic imine (C=N–C) groups is 1. The summed E-state index contributed by atoms with van der Waals surface area (Å²) in [5.41, 5.74) is 2.59. The van der Waals surface area contributed by atoms with Gasteiger partial charge in [0.15, 0.2) is 15.8 Å². The average molecular weight is 503 g/mol. The van der Waals surface area contributed by atoms with E-state index in [0.29, 0.717) is 5.96 Å². The van der Waals surface area contributed by atoms with E-state index in [4.69, 9.17) is 0 Å². The molecular formula is C19H23FIN3O2S. The summed E-state index contributed by atoms with van der Waals surface area (Å²) in [6.07, 6.45) is 0.921. The molecule has 0 unspecified atom stereocenters. The summed E-state index contributed by atoms with van der Waals surface area (Å²) in [5.74, 6) is -0.259. The summed E-state index contributed by atoms with van der Waals surface area (Å²) in [6.45, 7) is 1.72. The van der Waals surface area contributed by atoms with E-state index in [1.807, 2.05) is 12.1 Å². The van der Waals surface area contributed by atoms with E-state index < -0.39 is 15.7 Å². The fraction of sp³-hybridized carbons (Fsp3) is 0.316. The van der Waals surface area contributed by atoms with Crippen LogP contribution >= 0.6 is 24.0 Å². The molecule has 146 valence electrons. The molecule has 27 heavy (non-hydrogen) atoms. The highest BCUT2D eigenvalue weighted by Crippen LogP contribution is 2.18. The van der Waals surface area contributed by atoms with Crippen molar-refractivity contribution in [3.63, 3.8) is 0 Å². The van der Waals surface area contributed by atoms with Crippen molar-refractivity contribution in [2.24, 2.45) is 4.99 Å². The quantitative estimate of drug-likeness (QED) is 0.396. The minimum Gasteiger partial charge on any atom is -0.355 e. The summed E-state index contributed by atoms with van der Waals surface area (Å²) >= 11 is 0. The fourth-order valence-corrected chi connectivity index (χ4v) is 4.35. The molecule has 2 aromatic carbocycles. The third-order valence-corrected chi connectivity index (χ3v) is 6.21. The van der Waals surface area contributed by atoms with E-state index in [2.05, 4.69) is 27.3 Å². The van der Waals surface area contributed by atoms with Crippen molar-refractivity contribution in [3.05, 3.63) is 65.5 Å². The van der Waals surface area contributed by atoms with E-state index in [0.717, 1.165) is 25.6 Å². The van der Waals surface area contributed by atoms with E-state index in [9.17, 15) is 12.8 Å². The minimum absolute atomic E-state index is 0. The number of halogens is 2. The van der Waals surface area contributed by atoms with Crippen molar-refractivity contribution >= 4 is 39.8 Å². The third-order valence-electron chi connectivity index (χ3n) is 4.47. The maximum Gasteiger partial charge on any atom is 0.193 e. The third kappa shape index (κ3) is 5.19. The summed E-state index contributed by atoms with van der Waals surface area (Å²) in [4.78, 5) is 6.09. The Bertz CT molecular complexity index is 919. The Morgan fingerprint density at radius 3 is 2.52 bits per heavy atom. The Labute approximate surface area is 176 Å². The van der Waals surface area contributed by atoms with Gasteiger partial charge < -0.3 is 10.2 Å². The first-order valence-electron chi connectivity index (χ1n) is 8.51. The highest BCUT2D eigenvalue weighted by molar-refractivity contribution is 14.0. The van der Waals surface area contributed by atoms with Gasteiger partial charge in [-0.1, -0.05) is 36.4 Å². The van der Waals surface area contributed by atoms with Crippen LogP contribution in [-0.4, -0.2) is 45.2 Å². The second-order valence-electron chi connectivity index (χ2n) is 6.16. The van der Waals surface area contributed by atoms with Gasteiger partial charge in [0.2, 0.25) is 0 Å². The van der Waals surface area contributed by atoms with Crippen LogP contribution in [0.4, 0.5) is 4.39 Å². The largest absolute Gasteiger partial charge is 0.355 e. The van der Waals surface area contributed by atoms with Gasteiger partial charge in [-0.2, -0.15) is 0 Å². The molecule has 0 aliphatic carbocycles. The van der Waals surface area contributed by atoms with Gasteiger partial charge in [0.05, 0.1) is 5.75 Å². The van der Waals surface area contributed by atoms with Crippen molar-refractivity contribution in [3.8, 4) is 0 Å². The van der Waals surface area contributed by atoms with Crippen LogP contribution in [0.2, 0.25) is 0 Å². The van der Waals surface area contributed by atoms with Crippen LogP contribution in [0.15, 0.2) is 58.4 Å². The lowest BCUT2D eigenvalue weighted by atomic mass is 10.0. The van der Waals surface area contributed by atoms with Gasteiger partial charge in [-0.15, -0.1) is 24.0 Å².